The molecule has 0 bridgehead atoms. The third-order valence-corrected chi connectivity index (χ3v) is 11.8. The lowest BCUT2D eigenvalue weighted by Crippen LogP contribution is -2.08. The Balaban J connectivity index is 1.02. The molecular weight excluding hydrogens is 663 g/mol. The van der Waals surface area contributed by atoms with Crippen LogP contribution in [0.3, 0.4) is 0 Å². The molecule has 0 amide bonds. The van der Waals surface area contributed by atoms with Crippen molar-refractivity contribution < 1.29 is 0 Å². The normalized spacial score (nSPS) is 12.9. The molecule has 4 heteroatoms. The zero-order chi connectivity index (χ0) is 35.5. The third-order valence-electron chi connectivity index (χ3n) is 10.6. The molecule has 1 aliphatic rings. The van der Waals surface area contributed by atoms with Crippen LogP contribution in [0.15, 0.2) is 151 Å². The number of para-hydroxylation sites is 1. The molecule has 53 heavy (non-hydrogen) atoms. The van der Waals surface area contributed by atoms with E-state index in [9.17, 15) is 0 Å². The Morgan fingerprint density at radius 2 is 1.42 bits per heavy atom. The van der Waals surface area contributed by atoms with Gasteiger partial charge < -0.3 is 4.57 Å². The maximum atomic E-state index is 5.66. The highest BCUT2D eigenvalue weighted by molar-refractivity contribution is 7.25. The lowest BCUT2D eigenvalue weighted by atomic mass is 9.94. The summed E-state index contributed by atoms with van der Waals surface area (Å²) in [5, 5.41) is 4.89. The quantitative estimate of drug-likeness (QED) is 0.165. The van der Waals surface area contributed by atoms with Crippen molar-refractivity contribution in [3.05, 3.63) is 168 Å². The van der Waals surface area contributed by atoms with Gasteiger partial charge in [-0.15, -0.1) is 17.8 Å². The number of hydrogen-bond acceptors (Lipinski definition) is 3. The first-order valence-corrected chi connectivity index (χ1v) is 18.8. The lowest BCUT2D eigenvalue weighted by Gasteiger charge is -2.18. The fourth-order valence-electron chi connectivity index (χ4n) is 7.97. The highest BCUT2D eigenvalue weighted by atomic mass is 32.1. The first-order valence-electron chi connectivity index (χ1n) is 18.0. The van der Waals surface area contributed by atoms with E-state index in [1.165, 1.54) is 36.9 Å². The summed E-state index contributed by atoms with van der Waals surface area (Å²) in [4.78, 5) is 10.6. The van der Waals surface area contributed by atoms with Gasteiger partial charge in [0.1, 0.15) is 0 Å². The van der Waals surface area contributed by atoms with E-state index in [4.69, 9.17) is 16.4 Å². The Morgan fingerprint density at radius 3 is 2.28 bits per heavy atom. The summed E-state index contributed by atoms with van der Waals surface area (Å²) >= 11 is 1.85. The summed E-state index contributed by atoms with van der Waals surface area (Å²) < 4.78 is 4.96. The molecule has 10 rings (SSSR count). The fourth-order valence-corrected chi connectivity index (χ4v) is 9.05. The minimum Gasteiger partial charge on any atom is -0.313 e. The highest BCUT2D eigenvalue weighted by Crippen LogP contribution is 2.39. The van der Waals surface area contributed by atoms with Crippen LogP contribution in [0.4, 0.5) is 5.69 Å². The smallest absolute Gasteiger partial charge is 0.0968 e. The zero-order valence-electron chi connectivity index (χ0n) is 29.2. The van der Waals surface area contributed by atoms with Crippen LogP contribution in [0, 0.1) is 19.3 Å². The molecule has 0 unspecified atom stereocenters. The number of aromatic nitrogens is 2. The second-order valence-electron chi connectivity index (χ2n) is 13.7. The molecule has 0 atom stereocenters. The number of benzene rings is 6. The van der Waals surface area contributed by atoms with Crippen molar-refractivity contribution in [2.24, 2.45) is 4.99 Å². The molecule has 0 N–H and O–H groups in total. The molecule has 0 aliphatic carbocycles. The summed E-state index contributed by atoms with van der Waals surface area (Å²) in [6.45, 7) is 2.16. The standard InChI is InChI=1S/C49H33N3S/c1-3-4-12-39-31(2)52(38-10-6-5-7-11-38)45-27-23-37(30-41(39)45)44-26-22-35-20-19-34-21-25-43(50-48(34)49(35)51-44)33-17-15-32(16-18-33)36-24-28-47-42(29-36)40-13-8-9-14-46(40)53-47/h1,4-21,23-25,27-30H,22,26H2,2H3/b12-4-. The van der Waals surface area contributed by atoms with Crippen LogP contribution in [-0.2, 0) is 6.42 Å². The molecular formula is C49H33N3S. The zero-order valence-corrected chi connectivity index (χ0v) is 30.0. The predicted octanol–water partition coefficient (Wildman–Crippen LogP) is 12.9. The van der Waals surface area contributed by atoms with Crippen LogP contribution in [0.25, 0.3) is 76.1 Å². The summed E-state index contributed by atoms with van der Waals surface area (Å²) in [6.07, 6.45) is 11.3. The van der Waals surface area contributed by atoms with Crippen LogP contribution in [0.5, 0.6) is 0 Å². The number of aryl methyl sites for hydroxylation is 1. The van der Waals surface area contributed by atoms with E-state index in [2.05, 4.69) is 151 Å². The van der Waals surface area contributed by atoms with Crippen LogP contribution >= 0.6 is 11.3 Å². The second kappa shape index (κ2) is 12.6. The number of pyridine rings is 1. The van der Waals surface area contributed by atoms with Crippen molar-refractivity contribution in [2.75, 3.05) is 0 Å². The molecule has 0 saturated heterocycles. The number of fused-ring (bicyclic) bond motifs is 7. The highest BCUT2D eigenvalue weighted by Gasteiger charge is 2.20. The SMILES string of the molecule is C#C/C=C\c1c(C)n(-c2ccccc2)c2ccc(C3=Nc4c(ccc5ccc(-c6ccc(-c7ccc8sc9ccccc9c8c7)cc6)nc45)CC3)cc12. The van der Waals surface area contributed by atoms with E-state index in [0.29, 0.717) is 0 Å². The van der Waals surface area contributed by atoms with Crippen LogP contribution < -0.4 is 0 Å². The second-order valence-corrected chi connectivity index (χ2v) is 14.8. The van der Waals surface area contributed by atoms with Gasteiger partial charge in [0.2, 0.25) is 0 Å². The van der Waals surface area contributed by atoms with E-state index in [0.717, 1.165) is 79.8 Å². The Hall–Kier alpha value is -6.54. The Kier molecular flexibility index (Phi) is 7.42. The number of rotatable bonds is 5. The van der Waals surface area contributed by atoms with Gasteiger partial charge in [-0.25, -0.2) is 4.98 Å². The molecule has 3 nitrogen and oxygen atoms in total. The van der Waals surface area contributed by atoms with Crippen LogP contribution in [-0.4, -0.2) is 15.3 Å². The number of aliphatic imine (C=N–C) groups is 1. The van der Waals surface area contributed by atoms with Gasteiger partial charge in [0, 0.05) is 59.2 Å². The monoisotopic (exact) mass is 695 g/mol. The van der Waals surface area contributed by atoms with Crippen molar-refractivity contribution in [2.45, 2.75) is 19.8 Å². The van der Waals surface area contributed by atoms with Gasteiger partial charge in [-0.05, 0) is 103 Å². The number of thiophene rings is 1. The minimum absolute atomic E-state index is 0.867. The van der Waals surface area contributed by atoms with Crippen molar-refractivity contribution in [1.29, 1.82) is 0 Å². The molecule has 4 heterocycles. The molecule has 0 saturated carbocycles. The van der Waals surface area contributed by atoms with Crippen molar-refractivity contribution in [3.8, 4) is 40.4 Å². The average Bonchev–Trinajstić information content (AvgIpc) is 3.73. The predicted molar refractivity (Wildman–Crippen MR) is 226 cm³/mol. The molecule has 1 aliphatic heterocycles. The lowest BCUT2D eigenvalue weighted by molar-refractivity contribution is 1.01. The first kappa shape index (κ1) is 31.2. The molecule has 0 radical (unpaired) electrons. The Bertz CT molecular complexity index is 3010. The van der Waals surface area contributed by atoms with Gasteiger partial charge in [0.15, 0.2) is 0 Å². The van der Waals surface area contributed by atoms with E-state index < -0.39 is 0 Å². The number of hydrogen-bond donors (Lipinski definition) is 0. The van der Waals surface area contributed by atoms with Gasteiger partial charge in [0.25, 0.3) is 0 Å². The molecule has 250 valence electrons. The summed E-state index contributed by atoms with van der Waals surface area (Å²) in [7, 11) is 0. The average molecular weight is 696 g/mol. The molecule has 0 fully saturated rings. The maximum absolute atomic E-state index is 5.66. The van der Waals surface area contributed by atoms with E-state index in [1.54, 1.807) is 6.08 Å². The number of nitrogens with zero attached hydrogens (tertiary/aromatic N) is 3. The van der Waals surface area contributed by atoms with Gasteiger partial charge in [-0.1, -0.05) is 96.9 Å². The summed E-state index contributed by atoms with van der Waals surface area (Å²) in [5.41, 5.74) is 14.4. The van der Waals surface area contributed by atoms with E-state index >= 15 is 0 Å². The number of allylic oxidation sites excluding steroid dienone is 1. The van der Waals surface area contributed by atoms with E-state index in [1.807, 2.05) is 23.5 Å². The van der Waals surface area contributed by atoms with Gasteiger partial charge in [-0.2, -0.15) is 0 Å². The third kappa shape index (κ3) is 5.29. The molecule has 3 aromatic heterocycles. The summed E-state index contributed by atoms with van der Waals surface area (Å²) in [5.74, 6) is 2.68. The largest absolute Gasteiger partial charge is 0.313 e. The van der Waals surface area contributed by atoms with Crippen LogP contribution in [0.2, 0.25) is 0 Å². The van der Waals surface area contributed by atoms with Gasteiger partial charge >= 0.3 is 0 Å². The Labute approximate surface area is 312 Å². The number of terminal acetylenes is 1. The maximum Gasteiger partial charge on any atom is 0.0968 e. The first-order chi connectivity index (χ1) is 26.1. The van der Waals surface area contributed by atoms with Gasteiger partial charge in [-0.3, -0.25) is 4.99 Å². The minimum atomic E-state index is 0.867. The van der Waals surface area contributed by atoms with Crippen LogP contribution in [0.1, 0.15) is 28.8 Å². The van der Waals surface area contributed by atoms with Crippen molar-refractivity contribution >= 4 is 70.8 Å². The summed E-state index contributed by atoms with van der Waals surface area (Å²) in [6, 6.07) is 50.2. The topological polar surface area (TPSA) is 30.2 Å². The van der Waals surface area contributed by atoms with Gasteiger partial charge in [0.05, 0.1) is 22.4 Å². The van der Waals surface area contributed by atoms with E-state index in [-0.39, 0.29) is 0 Å². The van der Waals surface area contributed by atoms with Crippen molar-refractivity contribution in [3.63, 3.8) is 0 Å². The molecule has 9 aromatic rings. The molecule has 6 aromatic carbocycles. The fraction of sp³-hybridized carbons (Fsp3) is 0.0612. The molecule has 0 spiro atoms. The Morgan fingerprint density at radius 1 is 0.679 bits per heavy atom. The van der Waals surface area contributed by atoms with Crippen molar-refractivity contribution in [1.82, 2.24) is 9.55 Å².